The van der Waals surface area contributed by atoms with Crippen LogP contribution in [0.2, 0.25) is 5.02 Å². The highest BCUT2D eigenvalue weighted by Gasteiger charge is 2.04. The Morgan fingerprint density at radius 2 is 1.87 bits per heavy atom. The molecule has 7 nitrogen and oxygen atoms in total. The van der Waals surface area contributed by atoms with Crippen LogP contribution < -0.4 is 15.8 Å². The number of unbranched alkanes of at least 4 members (excludes halogenated alkanes) is 1. The number of rotatable bonds is 8. The van der Waals surface area contributed by atoms with Crippen LogP contribution in [0.3, 0.4) is 0 Å². The smallest absolute Gasteiger partial charge is 0.414 e. The van der Waals surface area contributed by atoms with E-state index in [4.69, 9.17) is 41.9 Å². The van der Waals surface area contributed by atoms with E-state index in [1.54, 1.807) is 0 Å². The summed E-state index contributed by atoms with van der Waals surface area (Å²) in [7, 11) is 0. The van der Waals surface area contributed by atoms with Crippen molar-refractivity contribution >= 4 is 39.5 Å². The SMILES string of the molecule is NCCNCCCCOc1ccc(Cl)cc1Br.O=C(O)C(=O)O. The van der Waals surface area contributed by atoms with Gasteiger partial charge in [-0.3, -0.25) is 0 Å². The van der Waals surface area contributed by atoms with Crippen LogP contribution in [0.15, 0.2) is 22.7 Å². The molecule has 0 spiro atoms. The van der Waals surface area contributed by atoms with Gasteiger partial charge in [0.1, 0.15) is 5.75 Å². The molecule has 0 aliphatic carbocycles. The lowest BCUT2D eigenvalue weighted by Crippen LogP contribution is -2.23. The van der Waals surface area contributed by atoms with Crippen LogP contribution in [0.25, 0.3) is 0 Å². The zero-order valence-corrected chi connectivity index (χ0v) is 14.8. The van der Waals surface area contributed by atoms with E-state index in [1.807, 2.05) is 18.2 Å². The average molecular weight is 412 g/mol. The summed E-state index contributed by atoms with van der Waals surface area (Å²) in [5, 5.41) is 18.7. The number of ether oxygens (including phenoxy) is 1. The summed E-state index contributed by atoms with van der Waals surface area (Å²) in [6.45, 7) is 3.27. The molecule has 9 heteroatoms. The van der Waals surface area contributed by atoms with Gasteiger partial charge in [-0.05, 0) is 53.5 Å². The molecular formula is C14H20BrClN2O5. The van der Waals surface area contributed by atoms with E-state index in [0.717, 1.165) is 36.2 Å². The van der Waals surface area contributed by atoms with Crippen molar-refractivity contribution in [2.24, 2.45) is 5.73 Å². The molecule has 23 heavy (non-hydrogen) atoms. The predicted octanol–water partition coefficient (Wildman–Crippen LogP) is 1.97. The molecule has 0 heterocycles. The highest BCUT2D eigenvalue weighted by molar-refractivity contribution is 9.10. The van der Waals surface area contributed by atoms with Crippen molar-refractivity contribution in [3.8, 4) is 5.75 Å². The van der Waals surface area contributed by atoms with E-state index in [2.05, 4.69) is 21.2 Å². The van der Waals surface area contributed by atoms with E-state index in [9.17, 15) is 0 Å². The Hall–Kier alpha value is -1.35. The minimum Gasteiger partial charge on any atom is -0.492 e. The number of nitrogens with one attached hydrogen (secondary N) is 1. The van der Waals surface area contributed by atoms with Crippen LogP contribution in [0, 0.1) is 0 Å². The Kier molecular flexibility index (Phi) is 12.4. The first-order valence-electron chi connectivity index (χ1n) is 6.83. The summed E-state index contributed by atoms with van der Waals surface area (Å²) in [6, 6.07) is 5.53. The molecule has 0 bridgehead atoms. The third-order valence-corrected chi connectivity index (χ3v) is 3.26. The number of hydrogen-bond acceptors (Lipinski definition) is 5. The maximum absolute atomic E-state index is 9.10. The minimum absolute atomic E-state index is 0.689. The Balaban J connectivity index is 0.000000688. The van der Waals surface area contributed by atoms with Gasteiger partial charge in [-0.15, -0.1) is 0 Å². The minimum atomic E-state index is -1.82. The van der Waals surface area contributed by atoms with Crippen LogP contribution in [0.4, 0.5) is 0 Å². The molecule has 0 fully saturated rings. The van der Waals surface area contributed by atoms with Gasteiger partial charge >= 0.3 is 11.9 Å². The number of hydrogen-bond donors (Lipinski definition) is 4. The fourth-order valence-corrected chi connectivity index (χ4v) is 2.15. The van der Waals surface area contributed by atoms with Crippen molar-refractivity contribution in [1.29, 1.82) is 0 Å². The first kappa shape index (κ1) is 21.6. The van der Waals surface area contributed by atoms with Crippen LogP contribution in [0.5, 0.6) is 5.75 Å². The standard InChI is InChI=1S/C12H18BrClN2O.C2H2O4/c13-11-9-10(14)3-4-12(11)17-8-2-1-6-16-7-5-15;3-1(4)2(5)6/h3-4,9,16H,1-2,5-8,15H2;(H,3,4)(H,5,6). The molecule has 5 N–H and O–H groups in total. The second-order valence-electron chi connectivity index (χ2n) is 4.28. The molecule has 1 aromatic rings. The van der Waals surface area contributed by atoms with Crippen molar-refractivity contribution in [3.63, 3.8) is 0 Å². The summed E-state index contributed by atoms with van der Waals surface area (Å²) in [5.41, 5.74) is 5.37. The molecule has 0 radical (unpaired) electrons. The number of aliphatic carboxylic acids is 2. The van der Waals surface area contributed by atoms with E-state index in [-0.39, 0.29) is 0 Å². The summed E-state index contributed by atoms with van der Waals surface area (Å²) in [5.74, 6) is -2.81. The van der Waals surface area contributed by atoms with Gasteiger partial charge in [0.05, 0.1) is 11.1 Å². The molecule has 1 rings (SSSR count). The average Bonchev–Trinajstić information content (AvgIpc) is 2.48. The Labute approximate surface area is 147 Å². The van der Waals surface area contributed by atoms with E-state index >= 15 is 0 Å². The van der Waals surface area contributed by atoms with Gasteiger partial charge in [0.15, 0.2) is 0 Å². The van der Waals surface area contributed by atoms with E-state index in [1.165, 1.54) is 0 Å². The molecule has 0 aromatic heterocycles. The zero-order valence-electron chi connectivity index (χ0n) is 12.4. The highest BCUT2D eigenvalue weighted by atomic mass is 79.9. The maximum Gasteiger partial charge on any atom is 0.414 e. The molecular weight excluding hydrogens is 392 g/mol. The first-order chi connectivity index (χ1) is 10.9. The Morgan fingerprint density at radius 3 is 2.39 bits per heavy atom. The van der Waals surface area contributed by atoms with E-state index < -0.39 is 11.9 Å². The highest BCUT2D eigenvalue weighted by Crippen LogP contribution is 2.27. The lowest BCUT2D eigenvalue weighted by molar-refractivity contribution is -0.159. The van der Waals surface area contributed by atoms with Crippen LogP contribution in [0.1, 0.15) is 12.8 Å². The second-order valence-corrected chi connectivity index (χ2v) is 5.57. The quantitative estimate of drug-likeness (QED) is 0.381. The Bertz CT molecular complexity index is 490. The molecule has 0 unspecified atom stereocenters. The molecule has 130 valence electrons. The Morgan fingerprint density at radius 1 is 1.22 bits per heavy atom. The summed E-state index contributed by atoms with van der Waals surface area (Å²) < 4.78 is 6.54. The van der Waals surface area contributed by atoms with Gasteiger partial charge in [0.2, 0.25) is 0 Å². The van der Waals surface area contributed by atoms with Crippen LogP contribution in [-0.2, 0) is 9.59 Å². The van der Waals surface area contributed by atoms with Crippen molar-refractivity contribution in [3.05, 3.63) is 27.7 Å². The van der Waals surface area contributed by atoms with Gasteiger partial charge in [-0.1, -0.05) is 11.6 Å². The number of benzene rings is 1. The number of carboxylic acids is 2. The van der Waals surface area contributed by atoms with Gasteiger partial charge in [0, 0.05) is 18.1 Å². The summed E-state index contributed by atoms with van der Waals surface area (Å²) >= 11 is 9.26. The monoisotopic (exact) mass is 410 g/mol. The lowest BCUT2D eigenvalue weighted by atomic mass is 10.3. The predicted molar refractivity (Wildman–Crippen MR) is 91.1 cm³/mol. The molecule has 1 aromatic carbocycles. The molecule has 0 atom stereocenters. The third kappa shape index (κ3) is 11.8. The fraction of sp³-hybridized carbons (Fsp3) is 0.429. The molecule has 0 saturated carbocycles. The molecule has 0 aliphatic rings. The summed E-state index contributed by atoms with van der Waals surface area (Å²) in [4.78, 5) is 18.2. The van der Waals surface area contributed by atoms with Crippen molar-refractivity contribution in [1.82, 2.24) is 5.32 Å². The van der Waals surface area contributed by atoms with Crippen LogP contribution in [-0.4, -0.2) is 48.4 Å². The largest absolute Gasteiger partial charge is 0.492 e. The van der Waals surface area contributed by atoms with Crippen LogP contribution >= 0.6 is 27.5 Å². The normalized spacial score (nSPS) is 9.70. The van der Waals surface area contributed by atoms with E-state index in [0.29, 0.717) is 18.2 Å². The number of carbonyl (C=O) groups is 2. The summed E-state index contributed by atoms with van der Waals surface area (Å²) in [6.07, 6.45) is 2.11. The lowest BCUT2D eigenvalue weighted by Gasteiger charge is -2.08. The second kappa shape index (κ2) is 13.1. The van der Waals surface area contributed by atoms with Gasteiger partial charge < -0.3 is 26.0 Å². The molecule has 0 aliphatic heterocycles. The van der Waals surface area contributed by atoms with Crippen molar-refractivity contribution < 1.29 is 24.5 Å². The van der Waals surface area contributed by atoms with Crippen molar-refractivity contribution in [2.45, 2.75) is 12.8 Å². The maximum atomic E-state index is 9.10. The van der Waals surface area contributed by atoms with Gasteiger partial charge in [0.25, 0.3) is 0 Å². The van der Waals surface area contributed by atoms with Gasteiger partial charge in [-0.2, -0.15) is 0 Å². The zero-order chi connectivity index (χ0) is 17.7. The molecule has 0 amide bonds. The van der Waals surface area contributed by atoms with Gasteiger partial charge in [-0.25, -0.2) is 9.59 Å². The third-order valence-electron chi connectivity index (χ3n) is 2.40. The number of halogens is 2. The fourth-order valence-electron chi connectivity index (χ4n) is 1.35. The number of nitrogens with two attached hydrogens (primary N) is 1. The molecule has 0 saturated heterocycles. The van der Waals surface area contributed by atoms with Crippen molar-refractivity contribution in [2.75, 3.05) is 26.2 Å². The topological polar surface area (TPSA) is 122 Å². The first-order valence-corrected chi connectivity index (χ1v) is 8.00. The number of carboxylic acid groups (broad SMARTS) is 2.